The Labute approximate surface area is 178 Å². The minimum absolute atomic E-state index is 0.0212. The number of aromatic nitrogens is 3. The number of hydrogen-bond donors (Lipinski definition) is 2. The molecule has 11 heteroatoms. The fraction of sp³-hybridized carbons (Fsp3) is 0.190. The Kier molecular flexibility index (Phi) is 4.36. The van der Waals surface area contributed by atoms with Gasteiger partial charge in [0.2, 0.25) is 5.95 Å². The topological polar surface area (TPSA) is 122 Å². The number of alkyl halides is 3. The Hall–Kier alpha value is -4.02. The summed E-state index contributed by atoms with van der Waals surface area (Å²) in [5.41, 5.74) is 12.5. The van der Waals surface area contributed by atoms with Crippen molar-refractivity contribution >= 4 is 22.7 Å². The van der Waals surface area contributed by atoms with Crippen molar-refractivity contribution in [3.8, 4) is 28.4 Å². The van der Waals surface area contributed by atoms with Crippen molar-refractivity contribution in [3.05, 3.63) is 47.9 Å². The first kappa shape index (κ1) is 19.9. The zero-order valence-electron chi connectivity index (χ0n) is 16.6. The second kappa shape index (κ2) is 7.01. The number of anilines is 2. The Morgan fingerprint density at radius 2 is 1.91 bits per heavy atom. The predicted molar refractivity (Wildman–Crippen MR) is 109 cm³/mol. The molecule has 0 saturated carbocycles. The van der Waals surface area contributed by atoms with Gasteiger partial charge in [0.25, 0.3) is 0 Å². The monoisotopic (exact) mass is 443 g/mol. The Bertz CT molecular complexity index is 1340. The number of rotatable bonds is 3. The number of halogens is 3. The third kappa shape index (κ3) is 3.41. The van der Waals surface area contributed by atoms with E-state index in [-0.39, 0.29) is 29.2 Å². The van der Waals surface area contributed by atoms with Crippen LogP contribution in [0, 0.1) is 0 Å². The van der Waals surface area contributed by atoms with Crippen molar-refractivity contribution in [3.63, 3.8) is 0 Å². The summed E-state index contributed by atoms with van der Waals surface area (Å²) in [6, 6.07) is 4.98. The van der Waals surface area contributed by atoms with Crippen LogP contribution in [0.1, 0.15) is 18.1 Å². The van der Waals surface area contributed by atoms with E-state index in [0.717, 1.165) is 12.1 Å². The smallest absolute Gasteiger partial charge is 0.416 e. The van der Waals surface area contributed by atoms with Crippen LogP contribution < -0.4 is 20.9 Å². The van der Waals surface area contributed by atoms with Crippen LogP contribution in [0.15, 0.2) is 41.2 Å². The van der Waals surface area contributed by atoms with Gasteiger partial charge < -0.3 is 25.5 Å². The van der Waals surface area contributed by atoms with Gasteiger partial charge in [-0.1, -0.05) is 5.16 Å². The molecule has 0 aliphatic carbocycles. The standard InChI is InChI=1S/C21H16F3N5O3/c1-9-2-14-16(6-15-17(18(14)31-9)19(25)29-20(26)28-15)32-13-4-10(11-7-27-30-8-11)3-12(5-13)21(22,23)24/h3-9H,2H2,1H3,(H4,25,26,28,29). The highest BCUT2D eigenvalue weighted by molar-refractivity contribution is 5.97. The molecule has 2 aromatic heterocycles. The zero-order chi connectivity index (χ0) is 22.6. The van der Waals surface area contributed by atoms with Crippen LogP contribution in [-0.4, -0.2) is 21.2 Å². The minimum Gasteiger partial charge on any atom is -0.489 e. The number of nitrogens with zero attached hydrogens (tertiary/aromatic N) is 3. The van der Waals surface area contributed by atoms with Gasteiger partial charge in [0.05, 0.1) is 22.7 Å². The molecule has 1 aliphatic heterocycles. The molecule has 1 aliphatic rings. The summed E-state index contributed by atoms with van der Waals surface area (Å²) in [5.74, 6) is 0.824. The molecule has 8 nitrogen and oxygen atoms in total. The Morgan fingerprint density at radius 3 is 2.62 bits per heavy atom. The fourth-order valence-electron chi connectivity index (χ4n) is 3.73. The summed E-state index contributed by atoms with van der Waals surface area (Å²) in [7, 11) is 0. The molecule has 0 spiro atoms. The highest BCUT2D eigenvalue weighted by Crippen LogP contribution is 2.46. The molecule has 2 aromatic carbocycles. The van der Waals surface area contributed by atoms with Gasteiger partial charge in [-0.15, -0.1) is 0 Å². The van der Waals surface area contributed by atoms with Gasteiger partial charge in [0, 0.05) is 23.6 Å². The van der Waals surface area contributed by atoms with E-state index in [2.05, 4.69) is 15.1 Å². The molecule has 4 aromatic rings. The van der Waals surface area contributed by atoms with E-state index in [1.807, 2.05) is 6.92 Å². The van der Waals surface area contributed by atoms with Crippen molar-refractivity contribution in [2.24, 2.45) is 0 Å². The number of hydrogen-bond acceptors (Lipinski definition) is 8. The quantitative estimate of drug-likeness (QED) is 0.472. The number of nitrogens with two attached hydrogens (primary N) is 2. The maximum absolute atomic E-state index is 13.5. The summed E-state index contributed by atoms with van der Waals surface area (Å²) in [6.45, 7) is 1.86. The molecule has 0 fully saturated rings. The Balaban J connectivity index is 1.67. The molecule has 32 heavy (non-hydrogen) atoms. The van der Waals surface area contributed by atoms with Crippen LogP contribution in [0.5, 0.6) is 17.2 Å². The highest BCUT2D eigenvalue weighted by Gasteiger charge is 2.33. The first-order chi connectivity index (χ1) is 15.2. The molecular formula is C21H16F3N5O3. The molecule has 1 atom stereocenters. The normalized spacial score (nSPS) is 15.6. The van der Waals surface area contributed by atoms with Crippen LogP contribution in [0.25, 0.3) is 22.0 Å². The molecule has 4 N–H and O–H groups in total. The second-order valence-corrected chi connectivity index (χ2v) is 7.44. The Morgan fingerprint density at radius 1 is 1.09 bits per heavy atom. The van der Waals surface area contributed by atoms with Crippen molar-refractivity contribution < 1.29 is 27.2 Å². The molecule has 5 rings (SSSR count). The molecule has 0 radical (unpaired) electrons. The third-order valence-electron chi connectivity index (χ3n) is 5.09. The number of fused-ring (bicyclic) bond motifs is 3. The van der Waals surface area contributed by atoms with Gasteiger partial charge in [-0.05, 0) is 30.7 Å². The van der Waals surface area contributed by atoms with Crippen LogP contribution in [0.4, 0.5) is 24.9 Å². The van der Waals surface area contributed by atoms with Gasteiger partial charge in [-0.3, -0.25) is 0 Å². The first-order valence-corrected chi connectivity index (χ1v) is 9.54. The van der Waals surface area contributed by atoms with Gasteiger partial charge in [-0.2, -0.15) is 18.2 Å². The van der Waals surface area contributed by atoms with E-state index in [1.54, 1.807) is 6.07 Å². The summed E-state index contributed by atoms with van der Waals surface area (Å²) in [6.07, 6.45) is -1.72. The second-order valence-electron chi connectivity index (χ2n) is 7.44. The van der Waals surface area contributed by atoms with Crippen LogP contribution >= 0.6 is 0 Å². The van der Waals surface area contributed by atoms with Crippen molar-refractivity contribution in [1.29, 1.82) is 0 Å². The average Bonchev–Trinajstić information content (AvgIpc) is 3.36. The average molecular weight is 443 g/mol. The van der Waals surface area contributed by atoms with Crippen molar-refractivity contribution in [2.45, 2.75) is 25.6 Å². The number of ether oxygens (including phenoxy) is 2. The third-order valence-corrected chi connectivity index (χ3v) is 5.09. The van der Waals surface area contributed by atoms with E-state index in [4.69, 9.17) is 25.5 Å². The van der Waals surface area contributed by atoms with Crippen LogP contribution in [0.3, 0.4) is 0 Å². The minimum atomic E-state index is -4.58. The molecule has 0 amide bonds. The molecule has 0 bridgehead atoms. The van der Waals surface area contributed by atoms with E-state index in [0.29, 0.717) is 39.9 Å². The van der Waals surface area contributed by atoms with Gasteiger partial charge in [-0.25, -0.2) is 4.98 Å². The van der Waals surface area contributed by atoms with Gasteiger partial charge in [0.15, 0.2) is 0 Å². The molecule has 3 heterocycles. The SMILES string of the molecule is CC1Cc2c(Oc3cc(-c4cnoc4)cc(C(F)(F)F)c3)cc3nc(N)nc(N)c3c2O1. The van der Waals surface area contributed by atoms with E-state index < -0.39 is 11.7 Å². The lowest BCUT2D eigenvalue weighted by atomic mass is 10.0. The lowest BCUT2D eigenvalue weighted by molar-refractivity contribution is -0.137. The van der Waals surface area contributed by atoms with E-state index >= 15 is 0 Å². The van der Waals surface area contributed by atoms with Gasteiger partial charge in [0.1, 0.15) is 35.4 Å². The molecule has 0 saturated heterocycles. The highest BCUT2D eigenvalue weighted by atomic mass is 19.4. The summed E-state index contributed by atoms with van der Waals surface area (Å²) in [5, 5.41) is 4.05. The molecule has 164 valence electrons. The lowest BCUT2D eigenvalue weighted by Crippen LogP contribution is -2.06. The largest absolute Gasteiger partial charge is 0.489 e. The maximum atomic E-state index is 13.5. The predicted octanol–water partition coefficient (Wildman–Crippen LogP) is 4.58. The van der Waals surface area contributed by atoms with E-state index in [1.165, 1.54) is 18.5 Å². The maximum Gasteiger partial charge on any atom is 0.416 e. The van der Waals surface area contributed by atoms with Crippen LogP contribution in [0.2, 0.25) is 0 Å². The first-order valence-electron chi connectivity index (χ1n) is 9.54. The summed E-state index contributed by atoms with van der Waals surface area (Å²) in [4.78, 5) is 8.16. The number of nitrogen functional groups attached to an aromatic ring is 2. The lowest BCUT2D eigenvalue weighted by Gasteiger charge is -2.15. The van der Waals surface area contributed by atoms with Crippen molar-refractivity contribution in [2.75, 3.05) is 11.5 Å². The molecular weight excluding hydrogens is 427 g/mol. The van der Waals surface area contributed by atoms with E-state index in [9.17, 15) is 13.2 Å². The van der Waals surface area contributed by atoms with Gasteiger partial charge >= 0.3 is 6.18 Å². The number of benzene rings is 2. The summed E-state index contributed by atoms with van der Waals surface area (Å²) >= 11 is 0. The zero-order valence-corrected chi connectivity index (χ0v) is 16.6. The summed E-state index contributed by atoms with van der Waals surface area (Å²) < 4.78 is 57.2. The van der Waals surface area contributed by atoms with Crippen LogP contribution in [-0.2, 0) is 12.6 Å². The molecule has 1 unspecified atom stereocenters. The van der Waals surface area contributed by atoms with Crippen molar-refractivity contribution in [1.82, 2.24) is 15.1 Å². The fourth-order valence-corrected chi connectivity index (χ4v) is 3.73.